The largest absolute Gasteiger partial charge is 0.464 e. The maximum Gasteiger partial charge on any atom is 0.380 e. The molecule has 0 radical (unpaired) electrons. The van der Waals surface area contributed by atoms with Crippen LogP contribution in [0.25, 0.3) is 11.1 Å². The quantitative estimate of drug-likeness (QED) is 0.483. The second kappa shape index (κ2) is 7.42. The second-order valence-corrected chi connectivity index (χ2v) is 7.63. The van der Waals surface area contributed by atoms with Crippen LogP contribution >= 0.6 is 0 Å². The summed E-state index contributed by atoms with van der Waals surface area (Å²) in [6, 6.07) is 1.61. The first kappa shape index (κ1) is 24.5. The molecule has 2 heterocycles. The molecule has 0 atom stereocenters. The van der Waals surface area contributed by atoms with Gasteiger partial charge in [-0.2, -0.15) is 26.3 Å². The van der Waals surface area contributed by atoms with E-state index in [4.69, 9.17) is 0 Å². The average Bonchev–Trinajstić information content (AvgIpc) is 3.23. The molecule has 0 spiro atoms. The molecular formula is C21H20F6N2O4. The lowest BCUT2D eigenvalue weighted by atomic mass is 9.94. The average molecular weight is 478 g/mol. The Morgan fingerprint density at radius 3 is 1.30 bits per heavy atom. The van der Waals surface area contributed by atoms with Crippen molar-refractivity contribution in [1.82, 2.24) is 9.13 Å². The predicted octanol–water partition coefficient (Wildman–Crippen LogP) is 4.38. The number of hydrogen-bond acceptors (Lipinski definition) is 4. The van der Waals surface area contributed by atoms with Gasteiger partial charge in [-0.15, -0.1) is 0 Å². The standard InChI is InChI=1S/C21H20F6N2O4/c1-9-11(7-13(28(9)3)17(30)32-5)15-16(20(24,25)21(26,27)19(15,22)23)12-8-14(18(31)33-6)29(4)10(12)2/h7-8H,1-6H3. The molecule has 180 valence electrons. The predicted molar refractivity (Wildman–Crippen MR) is 105 cm³/mol. The zero-order valence-electron chi connectivity index (χ0n) is 18.4. The first-order chi connectivity index (χ1) is 15.1. The zero-order valence-corrected chi connectivity index (χ0v) is 18.4. The first-order valence-electron chi connectivity index (χ1n) is 9.46. The van der Waals surface area contributed by atoms with Gasteiger partial charge in [0.25, 0.3) is 0 Å². The van der Waals surface area contributed by atoms with E-state index in [-0.39, 0.29) is 22.8 Å². The van der Waals surface area contributed by atoms with Crippen LogP contribution in [0.1, 0.15) is 43.5 Å². The Morgan fingerprint density at radius 2 is 1.03 bits per heavy atom. The zero-order chi connectivity index (χ0) is 25.3. The highest BCUT2D eigenvalue weighted by atomic mass is 19.3. The highest BCUT2D eigenvalue weighted by Crippen LogP contribution is 2.65. The third kappa shape index (κ3) is 3.02. The Labute approximate surface area is 184 Å². The fraction of sp³-hybridized carbons (Fsp3) is 0.429. The lowest BCUT2D eigenvalue weighted by Crippen LogP contribution is -2.49. The van der Waals surface area contributed by atoms with Crippen LogP contribution in [0, 0.1) is 13.8 Å². The summed E-state index contributed by atoms with van der Waals surface area (Å²) in [7, 11) is 4.59. The third-order valence-electron chi connectivity index (χ3n) is 6.07. The molecular weight excluding hydrogens is 458 g/mol. The van der Waals surface area contributed by atoms with Crippen molar-refractivity contribution in [3.05, 3.63) is 46.0 Å². The number of methoxy groups -OCH3 is 2. The minimum Gasteiger partial charge on any atom is -0.464 e. The van der Waals surface area contributed by atoms with Crippen molar-refractivity contribution in [2.45, 2.75) is 31.6 Å². The molecule has 2 aromatic rings. The molecule has 0 aliphatic heterocycles. The van der Waals surface area contributed by atoms with Crippen molar-refractivity contribution in [2.75, 3.05) is 14.2 Å². The van der Waals surface area contributed by atoms with Crippen molar-refractivity contribution in [3.63, 3.8) is 0 Å². The number of aromatic nitrogens is 2. The van der Waals surface area contributed by atoms with Crippen molar-refractivity contribution in [1.29, 1.82) is 0 Å². The molecule has 33 heavy (non-hydrogen) atoms. The topological polar surface area (TPSA) is 62.5 Å². The van der Waals surface area contributed by atoms with Crippen LogP contribution in [-0.4, -0.2) is 53.1 Å². The molecule has 1 aliphatic carbocycles. The van der Waals surface area contributed by atoms with E-state index >= 15 is 17.6 Å². The van der Waals surface area contributed by atoms with Crippen LogP contribution in [-0.2, 0) is 23.6 Å². The lowest BCUT2D eigenvalue weighted by Gasteiger charge is -2.25. The summed E-state index contributed by atoms with van der Waals surface area (Å²) in [5, 5.41) is 0. The molecule has 12 heteroatoms. The van der Waals surface area contributed by atoms with Crippen LogP contribution in [0.5, 0.6) is 0 Å². The summed E-state index contributed by atoms with van der Waals surface area (Å²) in [5.74, 6) is -18.3. The monoisotopic (exact) mass is 478 g/mol. The van der Waals surface area contributed by atoms with Gasteiger partial charge in [-0.25, -0.2) is 9.59 Å². The Kier molecular flexibility index (Phi) is 5.50. The second-order valence-electron chi connectivity index (χ2n) is 7.63. The van der Waals surface area contributed by atoms with E-state index in [9.17, 15) is 18.4 Å². The molecule has 0 aromatic carbocycles. The molecule has 1 aliphatic rings. The van der Waals surface area contributed by atoms with Crippen molar-refractivity contribution < 1.29 is 45.4 Å². The number of esters is 2. The van der Waals surface area contributed by atoms with Gasteiger partial charge in [-0.1, -0.05) is 0 Å². The fourth-order valence-electron chi connectivity index (χ4n) is 3.94. The highest BCUT2D eigenvalue weighted by molar-refractivity contribution is 6.04. The van der Waals surface area contributed by atoms with E-state index in [0.29, 0.717) is 0 Å². The Morgan fingerprint density at radius 1 is 0.727 bits per heavy atom. The molecule has 0 saturated heterocycles. The molecule has 0 fully saturated rings. The highest BCUT2D eigenvalue weighted by Gasteiger charge is 2.80. The van der Waals surface area contributed by atoms with Crippen LogP contribution in [0.3, 0.4) is 0 Å². The number of halogens is 6. The molecule has 6 nitrogen and oxygen atoms in total. The third-order valence-corrected chi connectivity index (χ3v) is 6.07. The first-order valence-corrected chi connectivity index (χ1v) is 9.46. The Bertz CT molecular complexity index is 1120. The van der Waals surface area contributed by atoms with Crippen molar-refractivity contribution in [2.24, 2.45) is 14.1 Å². The van der Waals surface area contributed by atoms with E-state index in [0.717, 1.165) is 35.5 Å². The molecule has 0 N–H and O–H groups in total. The number of rotatable bonds is 4. The molecule has 0 unspecified atom stereocenters. The maximum absolute atomic E-state index is 15.1. The van der Waals surface area contributed by atoms with Gasteiger partial charge in [0.2, 0.25) is 0 Å². The van der Waals surface area contributed by atoms with Gasteiger partial charge < -0.3 is 18.6 Å². The lowest BCUT2D eigenvalue weighted by molar-refractivity contribution is -0.254. The fourth-order valence-corrected chi connectivity index (χ4v) is 3.94. The minimum atomic E-state index is -5.79. The summed E-state index contributed by atoms with van der Waals surface area (Å²) in [6.07, 6.45) is 0. The van der Waals surface area contributed by atoms with Gasteiger partial charge in [0.05, 0.1) is 14.2 Å². The van der Waals surface area contributed by atoms with E-state index in [1.807, 2.05) is 0 Å². The van der Waals surface area contributed by atoms with E-state index in [1.54, 1.807) is 0 Å². The summed E-state index contributed by atoms with van der Waals surface area (Å²) in [6.45, 7) is 2.43. The van der Waals surface area contributed by atoms with Gasteiger partial charge in [-0.3, -0.25) is 0 Å². The van der Waals surface area contributed by atoms with Gasteiger partial charge in [0.15, 0.2) is 0 Å². The van der Waals surface area contributed by atoms with Gasteiger partial charge in [0.1, 0.15) is 11.4 Å². The molecule has 3 rings (SSSR count). The van der Waals surface area contributed by atoms with Crippen molar-refractivity contribution in [3.8, 4) is 0 Å². The summed E-state index contributed by atoms with van der Waals surface area (Å²) in [4.78, 5) is 24.0. The number of carbonyl (C=O) groups excluding carboxylic acids is 2. The SMILES string of the molecule is COC(=O)c1cc(C2=C(c3cc(C(=O)OC)n(C)c3C)C(F)(F)C(F)(F)C2(F)F)c(C)n1C. The van der Waals surface area contributed by atoms with Crippen LogP contribution in [0.15, 0.2) is 12.1 Å². The molecule has 0 saturated carbocycles. The van der Waals surface area contributed by atoms with Crippen LogP contribution in [0.4, 0.5) is 26.3 Å². The Hall–Kier alpha value is -3.18. The van der Waals surface area contributed by atoms with Crippen LogP contribution < -0.4 is 0 Å². The molecule has 0 bridgehead atoms. The smallest absolute Gasteiger partial charge is 0.380 e. The van der Waals surface area contributed by atoms with E-state index < -0.39 is 52.0 Å². The summed E-state index contributed by atoms with van der Waals surface area (Å²) >= 11 is 0. The number of ether oxygens (including phenoxy) is 2. The summed E-state index contributed by atoms with van der Waals surface area (Å²) in [5.41, 5.74) is -5.49. The number of carbonyl (C=O) groups is 2. The van der Waals surface area contributed by atoms with Gasteiger partial charge in [-0.05, 0) is 26.0 Å². The number of hydrogen-bond donors (Lipinski definition) is 0. The molecule has 2 aromatic heterocycles. The number of nitrogens with zero attached hydrogens (tertiary/aromatic N) is 2. The van der Waals surface area contributed by atoms with E-state index in [2.05, 4.69) is 9.47 Å². The minimum absolute atomic E-state index is 0.141. The number of alkyl halides is 6. The van der Waals surface area contributed by atoms with Gasteiger partial charge >= 0.3 is 29.7 Å². The number of allylic oxidation sites excluding steroid dienone is 2. The Balaban J connectivity index is 2.49. The molecule has 0 amide bonds. The van der Waals surface area contributed by atoms with Crippen LogP contribution in [0.2, 0.25) is 0 Å². The van der Waals surface area contributed by atoms with E-state index in [1.165, 1.54) is 27.9 Å². The maximum atomic E-state index is 15.1. The normalized spacial score (nSPS) is 18.5. The van der Waals surface area contributed by atoms with Crippen molar-refractivity contribution >= 4 is 23.1 Å². The summed E-state index contributed by atoms with van der Waals surface area (Å²) < 4.78 is 101. The van der Waals surface area contributed by atoms with Gasteiger partial charge in [0, 0.05) is 47.8 Å².